The zero-order valence-electron chi connectivity index (χ0n) is 12.1. The number of nitrogens with zero attached hydrogens (tertiary/aromatic N) is 1. The summed E-state index contributed by atoms with van der Waals surface area (Å²) in [6, 6.07) is 0.810. The quantitative estimate of drug-likeness (QED) is 0.601. The predicted octanol–water partition coefficient (Wildman–Crippen LogP) is 4.57. The van der Waals surface area contributed by atoms with Crippen LogP contribution in [0.1, 0.15) is 67.7 Å². The van der Waals surface area contributed by atoms with Crippen LogP contribution in [-0.2, 0) is 0 Å². The molecule has 2 unspecified atom stereocenters. The fraction of sp³-hybridized carbons (Fsp3) is 1.00. The summed E-state index contributed by atoms with van der Waals surface area (Å²) < 4.78 is 0. The Morgan fingerprint density at radius 2 is 1.33 bits per heavy atom. The van der Waals surface area contributed by atoms with Crippen molar-refractivity contribution in [2.45, 2.75) is 73.8 Å². The Balaban J connectivity index is 0. The molecule has 2 atom stereocenters. The van der Waals surface area contributed by atoms with Gasteiger partial charge in [0.2, 0.25) is 0 Å². The van der Waals surface area contributed by atoms with Gasteiger partial charge in [0, 0.05) is 6.04 Å². The average Bonchev–Trinajstić information content (AvgIpc) is 2.31. The van der Waals surface area contributed by atoms with E-state index >= 15 is 0 Å². The van der Waals surface area contributed by atoms with Crippen molar-refractivity contribution >= 4 is 0 Å². The lowest BCUT2D eigenvalue weighted by atomic mass is 9.96. The van der Waals surface area contributed by atoms with Crippen LogP contribution in [0.4, 0.5) is 0 Å². The third-order valence-electron chi connectivity index (χ3n) is 3.17. The van der Waals surface area contributed by atoms with E-state index in [1.54, 1.807) is 0 Å². The molecule has 0 radical (unpaired) electrons. The second kappa shape index (κ2) is 12.0. The molecule has 0 saturated heterocycles. The maximum atomic E-state index is 2.59. The molecule has 0 saturated carbocycles. The van der Waals surface area contributed by atoms with Gasteiger partial charge < -0.3 is 4.90 Å². The van der Waals surface area contributed by atoms with Crippen molar-refractivity contribution in [2.75, 3.05) is 13.1 Å². The lowest BCUT2D eigenvalue weighted by Crippen LogP contribution is -2.35. The Bertz CT molecular complexity index is 108. The summed E-state index contributed by atoms with van der Waals surface area (Å²) in [4.78, 5) is 2.59. The van der Waals surface area contributed by atoms with E-state index < -0.39 is 0 Å². The highest BCUT2D eigenvalue weighted by Gasteiger charge is 2.15. The molecule has 0 aliphatic carbocycles. The van der Waals surface area contributed by atoms with E-state index in [1.807, 2.05) is 13.8 Å². The minimum absolute atomic E-state index is 0.810. The Morgan fingerprint density at radius 1 is 0.867 bits per heavy atom. The van der Waals surface area contributed by atoms with Crippen LogP contribution in [0.3, 0.4) is 0 Å². The first-order valence-corrected chi connectivity index (χ1v) is 6.93. The van der Waals surface area contributed by atoms with Crippen LogP contribution in [0.25, 0.3) is 0 Å². The van der Waals surface area contributed by atoms with Crippen molar-refractivity contribution in [3.63, 3.8) is 0 Å². The third kappa shape index (κ3) is 7.84. The van der Waals surface area contributed by atoms with Gasteiger partial charge in [-0.3, -0.25) is 0 Å². The maximum Gasteiger partial charge on any atom is 0.00949 e. The highest BCUT2D eigenvalue weighted by Crippen LogP contribution is 2.16. The van der Waals surface area contributed by atoms with Crippen molar-refractivity contribution in [1.29, 1.82) is 0 Å². The summed E-state index contributed by atoms with van der Waals surface area (Å²) in [6.07, 6.45) is 3.98. The van der Waals surface area contributed by atoms with Gasteiger partial charge in [0.1, 0.15) is 0 Å². The molecule has 0 aromatic heterocycles. The third-order valence-corrected chi connectivity index (χ3v) is 3.17. The van der Waals surface area contributed by atoms with Crippen LogP contribution in [0, 0.1) is 5.92 Å². The Kier molecular flexibility index (Phi) is 13.9. The summed E-state index contributed by atoms with van der Waals surface area (Å²) in [7, 11) is 0. The molecule has 0 aromatic rings. The van der Waals surface area contributed by atoms with Crippen LogP contribution >= 0.6 is 0 Å². The summed E-state index contributed by atoms with van der Waals surface area (Å²) in [5, 5.41) is 0. The molecule has 0 spiro atoms. The first kappa shape index (κ1) is 17.4. The van der Waals surface area contributed by atoms with E-state index in [4.69, 9.17) is 0 Å². The van der Waals surface area contributed by atoms with Gasteiger partial charge in [-0.2, -0.15) is 0 Å². The molecule has 0 bridgehead atoms. The van der Waals surface area contributed by atoms with Crippen LogP contribution in [0.5, 0.6) is 0 Å². The fourth-order valence-electron chi connectivity index (χ4n) is 1.95. The highest BCUT2D eigenvalue weighted by atomic mass is 15.1. The van der Waals surface area contributed by atoms with E-state index in [0.717, 1.165) is 12.0 Å². The second-order valence-electron chi connectivity index (χ2n) is 4.03. The fourth-order valence-corrected chi connectivity index (χ4v) is 1.95. The molecule has 1 heteroatoms. The van der Waals surface area contributed by atoms with Gasteiger partial charge in [-0.25, -0.2) is 0 Å². The van der Waals surface area contributed by atoms with Gasteiger partial charge in [0.25, 0.3) is 0 Å². The molecular formula is C14H33N. The molecule has 0 fully saturated rings. The molecule has 15 heavy (non-hydrogen) atoms. The van der Waals surface area contributed by atoms with Crippen LogP contribution in [-0.4, -0.2) is 24.0 Å². The Hall–Kier alpha value is -0.0400. The van der Waals surface area contributed by atoms with Gasteiger partial charge in [-0.1, -0.05) is 54.9 Å². The molecule has 94 valence electrons. The SMILES string of the molecule is CC.CCC(C)CC(CC)N(CC)CC. The first-order valence-electron chi connectivity index (χ1n) is 6.93. The topological polar surface area (TPSA) is 3.24 Å². The minimum Gasteiger partial charge on any atom is -0.301 e. The van der Waals surface area contributed by atoms with Crippen LogP contribution in [0.15, 0.2) is 0 Å². The summed E-state index contributed by atoms with van der Waals surface area (Å²) in [6.45, 7) is 17.9. The van der Waals surface area contributed by atoms with Gasteiger partial charge in [-0.05, 0) is 31.8 Å². The van der Waals surface area contributed by atoms with E-state index in [2.05, 4.69) is 39.5 Å². The van der Waals surface area contributed by atoms with Gasteiger partial charge in [-0.15, -0.1) is 0 Å². The zero-order valence-corrected chi connectivity index (χ0v) is 12.1. The number of hydrogen-bond acceptors (Lipinski definition) is 1. The maximum absolute atomic E-state index is 2.59. The molecule has 0 aromatic carbocycles. The lowest BCUT2D eigenvalue weighted by Gasteiger charge is -2.30. The summed E-state index contributed by atoms with van der Waals surface area (Å²) in [5.41, 5.74) is 0. The predicted molar refractivity (Wildman–Crippen MR) is 72.4 cm³/mol. The second-order valence-corrected chi connectivity index (χ2v) is 4.03. The highest BCUT2D eigenvalue weighted by molar-refractivity contribution is 4.70. The smallest absolute Gasteiger partial charge is 0.00949 e. The Morgan fingerprint density at radius 3 is 1.60 bits per heavy atom. The first-order chi connectivity index (χ1) is 7.19. The molecule has 0 aliphatic heterocycles. The monoisotopic (exact) mass is 215 g/mol. The van der Waals surface area contributed by atoms with E-state index in [-0.39, 0.29) is 0 Å². The molecule has 0 aliphatic rings. The van der Waals surface area contributed by atoms with Gasteiger partial charge >= 0.3 is 0 Å². The van der Waals surface area contributed by atoms with Crippen molar-refractivity contribution in [1.82, 2.24) is 4.90 Å². The average molecular weight is 215 g/mol. The standard InChI is InChI=1S/C12H27N.C2H6/c1-6-11(5)10-12(7-2)13(8-3)9-4;1-2/h11-12H,6-10H2,1-5H3;1-2H3. The molecule has 0 amide bonds. The van der Waals surface area contributed by atoms with Crippen molar-refractivity contribution < 1.29 is 0 Å². The molecule has 0 heterocycles. The minimum atomic E-state index is 0.810. The molecule has 0 rings (SSSR count). The van der Waals surface area contributed by atoms with Gasteiger partial charge in [0.05, 0.1) is 0 Å². The van der Waals surface area contributed by atoms with Crippen molar-refractivity contribution in [3.8, 4) is 0 Å². The summed E-state index contributed by atoms with van der Waals surface area (Å²) >= 11 is 0. The Labute approximate surface area is 98.2 Å². The largest absolute Gasteiger partial charge is 0.301 e. The van der Waals surface area contributed by atoms with Crippen molar-refractivity contribution in [3.05, 3.63) is 0 Å². The number of rotatable bonds is 7. The van der Waals surface area contributed by atoms with E-state index in [9.17, 15) is 0 Å². The van der Waals surface area contributed by atoms with E-state index in [1.165, 1.54) is 32.4 Å². The van der Waals surface area contributed by atoms with Gasteiger partial charge in [0.15, 0.2) is 0 Å². The normalized spacial score (nSPS) is 14.4. The molecule has 0 N–H and O–H groups in total. The van der Waals surface area contributed by atoms with Crippen LogP contribution < -0.4 is 0 Å². The summed E-state index contributed by atoms with van der Waals surface area (Å²) in [5.74, 6) is 0.880. The lowest BCUT2D eigenvalue weighted by molar-refractivity contribution is 0.181. The number of hydrogen-bond donors (Lipinski definition) is 0. The van der Waals surface area contributed by atoms with Crippen molar-refractivity contribution in [2.24, 2.45) is 5.92 Å². The van der Waals surface area contributed by atoms with E-state index in [0.29, 0.717) is 0 Å². The van der Waals surface area contributed by atoms with Crippen LogP contribution in [0.2, 0.25) is 0 Å². The molecular weight excluding hydrogens is 182 g/mol. The zero-order chi connectivity index (χ0) is 12.3. The molecule has 1 nitrogen and oxygen atoms in total.